The lowest BCUT2D eigenvalue weighted by Crippen LogP contribution is -2.88. The molecule has 1 aliphatic heterocycles. The molecule has 1 saturated heterocycles. The Balaban J connectivity index is 1.59. The summed E-state index contributed by atoms with van der Waals surface area (Å²) >= 11 is 0. The van der Waals surface area contributed by atoms with Gasteiger partial charge in [-0.3, -0.25) is 15.0 Å². The van der Waals surface area contributed by atoms with Crippen molar-refractivity contribution in [3.05, 3.63) is 35.4 Å². The maximum absolute atomic E-state index is 12.8. The van der Waals surface area contributed by atoms with E-state index in [1.165, 1.54) is 11.1 Å². The smallest absolute Gasteiger partial charge is 0.332 e. The summed E-state index contributed by atoms with van der Waals surface area (Å²) in [6, 6.07) is 8.07. The van der Waals surface area contributed by atoms with Crippen LogP contribution in [0.5, 0.6) is 0 Å². The molecular weight excluding hydrogens is 368 g/mol. The van der Waals surface area contributed by atoms with E-state index in [9.17, 15) is 14.4 Å². The third-order valence-corrected chi connectivity index (χ3v) is 6.15. The maximum atomic E-state index is 12.8. The monoisotopic (exact) mass is 401 g/mol. The van der Waals surface area contributed by atoms with Crippen LogP contribution in [-0.4, -0.2) is 34.9 Å². The molecule has 2 fully saturated rings. The molecule has 1 aromatic carbocycles. The average molecular weight is 402 g/mol. The summed E-state index contributed by atoms with van der Waals surface area (Å²) in [5, 5.41) is 5.65. The number of nitrogens with zero attached hydrogens (tertiary/aromatic N) is 1. The summed E-state index contributed by atoms with van der Waals surface area (Å²) in [6.45, 7) is 6.51. The number of hydrazine groups is 1. The van der Waals surface area contributed by atoms with E-state index in [2.05, 4.69) is 55.8 Å². The van der Waals surface area contributed by atoms with E-state index in [0.717, 1.165) is 30.7 Å². The number of nitrogens with two attached hydrogens (primary N) is 1. The Labute approximate surface area is 172 Å². The van der Waals surface area contributed by atoms with Crippen molar-refractivity contribution in [2.75, 3.05) is 6.54 Å². The second-order valence-electron chi connectivity index (χ2n) is 8.55. The highest BCUT2D eigenvalue weighted by atomic mass is 16.2. The number of amides is 4. The van der Waals surface area contributed by atoms with Gasteiger partial charge in [0.1, 0.15) is 11.6 Å². The molecule has 1 saturated carbocycles. The molecule has 0 aromatic heterocycles. The first-order valence-electron chi connectivity index (χ1n) is 10.7. The van der Waals surface area contributed by atoms with Gasteiger partial charge >= 0.3 is 6.03 Å². The van der Waals surface area contributed by atoms with Crippen LogP contribution in [0.4, 0.5) is 4.79 Å². The first kappa shape index (κ1) is 21.3. The molecule has 29 heavy (non-hydrogen) atoms. The number of carbonyl (C=O) groups excluding carboxylic acids is 3. The van der Waals surface area contributed by atoms with Crippen molar-refractivity contribution in [2.24, 2.45) is 5.92 Å². The van der Waals surface area contributed by atoms with Crippen LogP contribution >= 0.6 is 0 Å². The van der Waals surface area contributed by atoms with Gasteiger partial charge in [0.2, 0.25) is 0 Å². The zero-order valence-corrected chi connectivity index (χ0v) is 17.7. The topological polar surface area (TPSA) is 95.1 Å². The van der Waals surface area contributed by atoms with E-state index in [4.69, 9.17) is 0 Å². The van der Waals surface area contributed by atoms with Gasteiger partial charge in [-0.2, -0.15) is 5.01 Å². The largest absolute Gasteiger partial charge is 0.344 e. The van der Waals surface area contributed by atoms with Crippen molar-refractivity contribution in [1.82, 2.24) is 15.8 Å². The van der Waals surface area contributed by atoms with Crippen LogP contribution in [0.25, 0.3) is 0 Å². The van der Waals surface area contributed by atoms with Crippen molar-refractivity contribution in [3.63, 3.8) is 0 Å². The maximum Gasteiger partial charge on any atom is 0.344 e. The molecule has 7 heteroatoms. The van der Waals surface area contributed by atoms with Gasteiger partial charge in [-0.25, -0.2) is 4.79 Å². The van der Waals surface area contributed by atoms with Gasteiger partial charge in [0.25, 0.3) is 11.8 Å². The molecule has 2 aliphatic rings. The number of urea groups is 1. The average Bonchev–Trinajstić information content (AvgIpc) is 2.93. The second kappa shape index (κ2) is 8.95. The first-order valence-corrected chi connectivity index (χ1v) is 10.7. The number of aryl methyl sites for hydroxylation is 1. The Morgan fingerprint density at radius 1 is 1.17 bits per heavy atom. The van der Waals surface area contributed by atoms with E-state index in [1.54, 1.807) is 0 Å². The van der Waals surface area contributed by atoms with Crippen LogP contribution in [-0.2, 0) is 16.0 Å². The number of rotatable bonds is 7. The third kappa shape index (κ3) is 4.61. The van der Waals surface area contributed by atoms with E-state index in [-0.39, 0.29) is 24.4 Å². The van der Waals surface area contributed by atoms with Crippen LogP contribution in [0.2, 0.25) is 0 Å². The molecule has 4 amide bonds. The molecule has 0 unspecified atom stereocenters. The Bertz CT molecular complexity index is 754. The normalized spacial score (nSPS) is 19.5. The van der Waals surface area contributed by atoms with Crippen LogP contribution in [0.3, 0.4) is 0 Å². The highest BCUT2D eigenvalue weighted by Crippen LogP contribution is 2.32. The van der Waals surface area contributed by atoms with Gasteiger partial charge in [-0.1, -0.05) is 64.3 Å². The third-order valence-electron chi connectivity index (χ3n) is 6.15. The Hall–Kier alpha value is -2.41. The standard InChI is InChI=1S/C22H32N4O3/c1-4-16-8-10-17(11-9-16)19(15(2)3)23-14-18(27)25-26-20(28)22(24-21(26)29)12-6-5-7-13-22/h8-11,15,19,23H,4-7,12-14H2,1-3H3,(H,24,29)(H,25,27)/p+1/t19-/m1/s1. The second-order valence-corrected chi connectivity index (χ2v) is 8.55. The minimum Gasteiger partial charge on any atom is -0.332 e. The van der Waals surface area contributed by atoms with Crippen molar-refractivity contribution in [3.8, 4) is 0 Å². The predicted molar refractivity (Wildman–Crippen MR) is 110 cm³/mol. The molecule has 1 heterocycles. The Kier molecular flexibility index (Phi) is 6.57. The minimum atomic E-state index is -0.826. The van der Waals surface area contributed by atoms with Gasteiger partial charge in [-0.05, 0) is 24.8 Å². The molecule has 158 valence electrons. The van der Waals surface area contributed by atoms with Gasteiger partial charge < -0.3 is 10.6 Å². The molecule has 1 spiro atoms. The van der Waals surface area contributed by atoms with E-state index in [1.807, 2.05) is 5.32 Å². The fourth-order valence-corrected chi connectivity index (χ4v) is 4.39. The highest BCUT2D eigenvalue weighted by molar-refractivity contribution is 6.08. The number of imide groups is 1. The lowest BCUT2D eigenvalue weighted by Gasteiger charge is -2.30. The van der Waals surface area contributed by atoms with Crippen molar-refractivity contribution < 1.29 is 19.7 Å². The molecule has 1 aliphatic carbocycles. The fourth-order valence-electron chi connectivity index (χ4n) is 4.39. The number of carbonyl (C=O) groups is 3. The van der Waals surface area contributed by atoms with Gasteiger partial charge in [0, 0.05) is 11.5 Å². The zero-order valence-electron chi connectivity index (χ0n) is 17.7. The van der Waals surface area contributed by atoms with E-state index >= 15 is 0 Å². The molecule has 3 rings (SSSR count). The Morgan fingerprint density at radius 3 is 2.41 bits per heavy atom. The van der Waals surface area contributed by atoms with Gasteiger partial charge in [-0.15, -0.1) is 0 Å². The summed E-state index contributed by atoms with van der Waals surface area (Å²) in [5.41, 5.74) is 4.14. The summed E-state index contributed by atoms with van der Waals surface area (Å²) in [7, 11) is 0. The first-order chi connectivity index (χ1) is 13.9. The molecule has 1 atom stereocenters. The van der Waals surface area contributed by atoms with Crippen LogP contribution < -0.4 is 16.1 Å². The minimum absolute atomic E-state index is 0.124. The number of hydrogen-bond donors (Lipinski definition) is 3. The lowest BCUT2D eigenvalue weighted by atomic mass is 9.82. The van der Waals surface area contributed by atoms with E-state index < -0.39 is 11.6 Å². The van der Waals surface area contributed by atoms with Gasteiger partial charge in [0.05, 0.1) is 0 Å². The number of benzene rings is 1. The molecular formula is C22H33N4O3+. The van der Waals surface area contributed by atoms with Crippen molar-refractivity contribution in [1.29, 1.82) is 0 Å². The number of quaternary nitrogens is 1. The van der Waals surface area contributed by atoms with Crippen LogP contribution in [0.15, 0.2) is 24.3 Å². The predicted octanol–water partition coefficient (Wildman–Crippen LogP) is 1.80. The summed E-state index contributed by atoms with van der Waals surface area (Å²) in [4.78, 5) is 37.6. The summed E-state index contributed by atoms with van der Waals surface area (Å²) in [6.07, 6.45) is 5.16. The molecule has 0 radical (unpaired) electrons. The van der Waals surface area contributed by atoms with Crippen LogP contribution in [0.1, 0.15) is 70.0 Å². The lowest BCUT2D eigenvalue weighted by molar-refractivity contribution is -0.692. The molecule has 7 nitrogen and oxygen atoms in total. The fraction of sp³-hybridized carbons (Fsp3) is 0.591. The zero-order chi connectivity index (χ0) is 21.0. The molecule has 0 bridgehead atoms. The summed E-state index contributed by atoms with van der Waals surface area (Å²) in [5.74, 6) is -0.346. The van der Waals surface area contributed by atoms with Crippen molar-refractivity contribution in [2.45, 2.75) is 70.9 Å². The van der Waals surface area contributed by atoms with Crippen LogP contribution in [0, 0.1) is 5.92 Å². The van der Waals surface area contributed by atoms with Crippen molar-refractivity contribution >= 4 is 17.8 Å². The number of hydrogen-bond acceptors (Lipinski definition) is 3. The summed E-state index contributed by atoms with van der Waals surface area (Å²) < 4.78 is 0. The van der Waals surface area contributed by atoms with E-state index in [0.29, 0.717) is 18.8 Å². The quantitative estimate of drug-likeness (QED) is 0.608. The highest BCUT2D eigenvalue weighted by Gasteiger charge is 2.52. The van der Waals surface area contributed by atoms with Gasteiger partial charge in [0.15, 0.2) is 6.54 Å². The number of nitrogens with one attached hydrogen (secondary N) is 2. The SMILES string of the molecule is CCc1ccc([C@H]([NH2+]CC(=O)NN2C(=O)NC3(CCCCC3)C2=O)C(C)C)cc1. The Morgan fingerprint density at radius 2 is 1.83 bits per heavy atom. The molecule has 4 N–H and O–H groups in total. The molecule has 1 aromatic rings.